The first-order valence-corrected chi connectivity index (χ1v) is 13.6. The first-order valence-electron chi connectivity index (χ1n) is 12.8. The van der Waals surface area contributed by atoms with Crippen molar-refractivity contribution in [3.8, 4) is 16.8 Å². The lowest BCUT2D eigenvalue weighted by molar-refractivity contribution is -0.146. The lowest BCUT2D eigenvalue weighted by Crippen LogP contribution is -2.52. The molecule has 1 aliphatic heterocycles. The van der Waals surface area contributed by atoms with Crippen LogP contribution in [0.25, 0.3) is 21.0 Å². The molecular weight excluding hydrogens is 536 g/mol. The van der Waals surface area contributed by atoms with E-state index in [-0.39, 0.29) is 23.9 Å². The number of hydrogen-bond donors (Lipinski definition) is 1. The zero-order valence-corrected chi connectivity index (χ0v) is 23.1. The number of oxazole rings is 1. The van der Waals surface area contributed by atoms with E-state index in [4.69, 9.17) is 13.9 Å². The fourth-order valence-electron chi connectivity index (χ4n) is 4.94. The maximum absolute atomic E-state index is 14.1. The summed E-state index contributed by atoms with van der Waals surface area (Å²) in [7, 11) is 0. The minimum atomic E-state index is -1.84. The van der Waals surface area contributed by atoms with Crippen LogP contribution in [0.1, 0.15) is 49.5 Å². The zero-order valence-electron chi connectivity index (χ0n) is 22.2. The van der Waals surface area contributed by atoms with Crippen molar-refractivity contribution in [2.75, 3.05) is 13.2 Å². The standard InChI is InChI=1S/C28H28N4O7S/c1-16-21-24(33)32(28(2,3)26(34)35)27(36)31(25(21)40-22(16)23-30-10-13-38-23)15-20(39-18-8-11-37-12-9-18)19-7-5-4-6-17(19)14-29/h4-7,10,13,18,20H,8-9,11-12,15H2,1-3H3,(H,34,35)/t20-/m0/s1. The predicted molar refractivity (Wildman–Crippen MR) is 146 cm³/mol. The Labute approximate surface area is 232 Å². The summed E-state index contributed by atoms with van der Waals surface area (Å²) in [5.41, 5.74) is -1.84. The lowest BCUT2D eigenvalue weighted by Gasteiger charge is -2.30. The molecule has 208 valence electrons. The number of rotatable bonds is 8. The number of aryl methyl sites for hydroxylation is 1. The topological polar surface area (TPSA) is 150 Å². The molecule has 0 radical (unpaired) electrons. The van der Waals surface area contributed by atoms with E-state index in [0.29, 0.717) is 52.5 Å². The van der Waals surface area contributed by atoms with E-state index in [0.717, 1.165) is 15.9 Å². The van der Waals surface area contributed by atoms with Crippen LogP contribution >= 0.6 is 11.3 Å². The number of aliphatic carboxylic acids is 1. The molecule has 1 saturated heterocycles. The molecule has 0 saturated carbocycles. The highest BCUT2D eigenvalue weighted by atomic mass is 32.1. The third-order valence-corrected chi connectivity index (χ3v) is 8.53. The molecule has 0 aliphatic carbocycles. The SMILES string of the molecule is Cc1c(-c2ncco2)sc2c1c(=O)n(C(C)(C)C(=O)O)c(=O)n2C[C@H](OC1CCOCC1)c1ccccc1C#N. The van der Waals surface area contributed by atoms with Gasteiger partial charge in [0.1, 0.15) is 22.7 Å². The van der Waals surface area contributed by atoms with E-state index in [1.54, 1.807) is 31.2 Å². The second kappa shape index (κ2) is 10.8. The molecule has 1 atom stereocenters. The average Bonchev–Trinajstić information content (AvgIpc) is 3.59. The Balaban J connectivity index is 1.77. The summed E-state index contributed by atoms with van der Waals surface area (Å²) in [5, 5.41) is 20.0. The molecule has 0 unspecified atom stereocenters. The van der Waals surface area contributed by atoms with E-state index >= 15 is 0 Å². The molecule has 0 bridgehead atoms. The molecule has 12 heteroatoms. The first kappa shape index (κ1) is 27.5. The highest BCUT2D eigenvalue weighted by molar-refractivity contribution is 7.22. The molecule has 5 rings (SSSR count). The van der Waals surface area contributed by atoms with Crippen molar-refractivity contribution < 1.29 is 23.8 Å². The Kier molecular flexibility index (Phi) is 7.46. The van der Waals surface area contributed by atoms with Crippen LogP contribution < -0.4 is 11.2 Å². The number of thiophene rings is 1. The van der Waals surface area contributed by atoms with Crippen LogP contribution in [-0.4, -0.2) is 44.5 Å². The van der Waals surface area contributed by atoms with Crippen molar-refractivity contribution in [3.63, 3.8) is 0 Å². The largest absolute Gasteiger partial charge is 0.480 e. The number of carboxylic acid groups (broad SMARTS) is 1. The Hall–Kier alpha value is -4.05. The van der Waals surface area contributed by atoms with Crippen molar-refractivity contribution >= 4 is 27.5 Å². The number of nitrogens with zero attached hydrogens (tertiary/aromatic N) is 4. The second-order valence-electron chi connectivity index (χ2n) is 10.1. The van der Waals surface area contributed by atoms with Crippen molar-refractivity contribution in [3.05, 3.63) is 74.3 Å². The van der Waals surface area contributed by atoms with Crippen molar-refractivity contribution in [1.29, 1.82) is 5.26 Å². The van der Waals surface area contributed by atoms with Gasteiger partial charge in [-0.2, -0.15) is 5.26 Å². The predicted octanol–water partition coefficient (Wildman–Crippen LogP) is 3.82. The molecular formula is C28H28N4O7S. The highest BCUT2D eigenvalue weighted by Gasteiger charge is 2.36. The number of hydrogen-bond acceptors (Lipinski definition) is 9. The number of fused-ring (bicyclic) bond motifs is 1. The van der Waals surface area contributed by atoms with Crippen LogP contribution in [0.4, 0.5) is 0 Å². The number of aromatic nitrogens is 3. The monoisotopic (exact) mass is 564 g/mol. The van der Waals surface area contributed by atoms with Crippen LogP contribution in [0.15, 0.2) is 50.7 Å². The number of carbonyl (C=O) groups is 1. The van der Waals surface area contributed by atoms with E-state index in [9.17, 15) is 24.8 Å². The van der Waals surface area contributed by atoms with Gasteiger partial charge >= 0.3 is 11.7 Å². The maximum atomic E-state index is 14.1. The van der Waals surface area contributed by atoms with Crippen LogP contribution in [-0.2, 0) is 26.4 Å². The number of benzene rings is 1. The van der Waals surface area contributed by atoms with Gasteiger partial charge in [-0.05, 0) is 45.2 Å². The summed E-state index contributed by atoms with van der Waals surface area (Å²) in [6.45, 7) is 5.34. The van der Waals surface area contributed by atoms with Crippen LogP contribution in [0.3, 0.4) is 0 Å². The van der Waals surface area contributed by atoms with Crippen molar-refractivity contribution in [2.45, 2.75) is 57.9 Å². The average molecular weight is 565 g/mol. The van der Waals surface area contributed by atoms with Crippen molar-refractivity contribution in [1.82, 2.24) is 14.1 Å². The van der Waals surface area contributed by atoms with Crippen LogP contribution in [0.5, 0.6) is 0 Å². The first-order chi connectivity index (χ1) is 19.1. The van der Waals surface area contributed by atoms with Gasteiger partial charge in [0.2, 0.25) is 5.89 Å². The smallest absolute Gasteiger partial charge is 0.333 e. The summed E-state index contributed by atoms with van der Waals surface area (Å²) in [5.74, 6) is -1.05. The maximum Gasteiger partial charge on any atom is 0.333 e. The highest BCUT2D eigenvalue weighted by Crippen LogP contribution is 2.37. The Bertz CT molecular complexity index is 1720. The lowest BCUT2D eigenvalue weighted by atomic mass is 10.0. The normalized spacial score (nSPS) is 15.2. The Morgan fingerprint density at radius 3 is 2.67 bits per heavy atom. The van der Waals surface area contributed by atoms with Gasteiger partial charge in [-0.3, -0.25) is 9.36 Å². The second-order valence-corrected chi connectivity index (χ2v) is 11.1. The molecule has 40 heavy (non-hydrogen) atoms. The minimum absolute atomic E-state index is 0.0632. The van der Waals surface area contributed by atoms with Gasteiger partial charge in [0, 0.05) is 18.8 Å². The molecule has 1 N–H and O–H groups in total. The fraction of sp³-hybridized carbons (Fsp3) is 0.393. The quantitative estimate of drug-likeness (QED) is 0.337. The summed E-state index contributed by atoms with van der Waals surface area (Å²) < 4.78 is 19.6. The molecule has 0 amide bonds. The molecule has 11 nitrogen and oxygen atoms in total. The van der Waals surface area contributed by atoms with Gasteiger partial charge in [0.15, 0.2) is 0 Å². The molecule has 1 aliphatic rings. The van der Waals surface area contributed by atoms with Gasteiger partial charge in [0.05, 0.1) is 40.7 Å². The Morgan fingerprint density at radius 2 is 2.02 bits per heavy atom. The summed E-state index contributed by atoms with van der Waals surface area (Å²) in [6.07, 6.45) is 3.27. The van der Waals surface area contributed by atoms with Gasteiger partial charge in [-0.15, -0.1) is 11.3 Å². The third kappa shape index (κ3) is 4.77. The molecule has 3 aromatic heterocycles. The van der Waals surface area contributed by atoms with E-state index in [2.05, 4.69) is 11.1 Å². The zero-order chi connectivity index (χ0) is 28.6. The number of ether oxygens (including phenoxy) is 2. The number of carboxylic acids is 1. The minimum Gasteiger partial charge on any atom is -0.480 e. The van der Waals surface area contributed by atoms with E-state index in [1.165, 1.54) is 30.9 Å². The van der Waals surface area contributed by atoms with Crippen molar-refractivity contribution in [2.24, 2.45) is 0 Å². The number of nitriles is 1. The molecule has 0 spiro atoms. The van der Waals surface area contributed by atoms with Crippen LogP contribution in [0.2, 0.25) is 0 Å². The van der Waals surface area contributed by atoms with Gasteiger partial charge in [-0.25, -0.2) is 19.1 Å². The third-order valence-electron chi connectivity index (χ3n) is 7.22. The van der Waals surface area contributed by atoms with Gasteiger partial charge in [0.25, 0.3) is 5.56 Å². The van der Waals surface area contributed by atoms with Crippen LogP contribution in [0, 0.1) is 18.3 Å². The molecule has 1 aromatic carbocycles. The molecule has 1 fully saturated rings. The Morgan fingerprint density at radius 1 is 1.30 bits per heavy atom. The summed E-state index contributed by atoms with van der Waals surface area (Å²) in [4.78, 5) is 45.2. The fourth-order valence-corrected chi connectivity index (χ4v) is 6.18. The molecule has 4 aromatic rings. The molecule has 4 heterocycles. The summed E-state index contributed by atoms with van der Waals surface area (Å²) >= 11 is 1.16. The van der Waals surface area contributed by atoms with E-state index < -0.39 is 28.9 Å². The van der Waals surface area contributed by atoms with E-state index in [1.807, 2.05) is 0 Å². The van der Waals surface area contributed by atoms with Gasteiger partial charge < -0.3 is 19.0 Å². The summed E-state index contributed by atoms with van der Waals surface area (Å²) in [6, 6.07) is 9.20. The van der Waals surface area contributed by atoms with Gasteiger partial charge in [-0.1, -0.05) is 18.2 Å².